The Morgan fingerprint density at radius 2 is 2.05 bits per heavy atom. The molecule has 3 heterocycles. The number of methoxy groups -OCH3 is 1. The van der Waals surface area contributed by atoms with E-state index < -0.39 is 0 Å². The highest BCUT2D eigenvalue weighted by Crippen LogP contribution is 2.34. The Morgan fingerprint density at radius 3 is 2.71 bits per heavy atom. The van der Waals surface area contributed by atoms with Gasteiger partial charge in [-0.2, -0.15) is 5.10 Å². The van der Waals surface area contributed by atoms with E-state index in [0.29, 0.717) is 54.3 Å². The number of hydrogen-bond acceptors (Lipinski definition) is 6. The van der Waals surface area contributed by atoms with Crippen molar-refractivity contribution < 1.29 is 14.3 Å². The zero-order valence-electron chi connectivity index (χ0n) is 22.8. The van der Waals surface area contributed by atoms with Crippen LogP contribution in [0, 0.1) is 12.8 Å². The Kier molecular flexibility index (Phi) is 7.85. The van der Waals surface area contributed by atoms with Crippen molar-refractivity contribution in [2.75, 3.05) is 32.1 Å². The summed E-state index contributed by atoms with van der Waals surface area (Å²) in [4.78, 5) is 31.8. The molecule has 0 bridgehead atoms. The predicted octanol–water partition coefficient (Wildman–Crippen LogP) is 3.56. The van der Waals surface area contributed by atoms with Crippen molar-refractivity contribution in [3.05, 3.63) is 52.6 Å². The number of aromatic nitrogens is 4. The van der Waals surface area contributed by atoms with Gasteiger partial charge in [0.05, 0.1) is 30.4 Å². The third-order valence-electron chi connectivity index (χ3n) is 7.07. The maximum Gasteiger partial charge on any atom is 0.270 e. The molecule has 1 saturated heterocycles. The number of halogens is 1. The second-order valence-corrected chi connectivity index (χ2v) is 11.2. The molecule has 2 aromatic heterocycles. The highest BCUT2D eigenvalue weighted by atomic mass is 35.5. The van der Waals surface area contributed by atoms with Crippen molar-refractivity contribution in [2.45, 2.75) is 45.7 Å². The molecule has 4 rings (SSSR count). The van der Waals surface area contributed by atoms with Crippen LogP contribution in [0.1, 0.15) is 48.3 Å². The first kappa shape index (κ1) is 27.7. The highest BCUT2D eigenvalue weighted by Gasteiger charge is 2.36. The van der Waals surface area contributed by atoms with Crippen LogP contribution < -0.4 is 10.6 Å². The number of hydrogen-bond donors (Lipinski definition) is 3. The van der Waals surface area contributed by atoms with Crippen molar-refractivity contribution in [2.24, 2.45) is 13.0 Å². The molecule has 0 radical (unpaired) electrons. The summed E-state index contributed by atoms with van der Waals surface area (Å²) in [5, 5.41) is 15.5. The molecule has 1 aliphatic heterocycles. The summed E-state index contributed by atoms with van der Waals surface area (Å²) in [5.74, 6) is 0.974. The summed E-state index contributed by atoms with van der Waals surface area (Å²) in [7, 11) is 3.43. The van der Waals surface area contributed by atoms with Gasteiger partial charge in [-0.15, -0.1) is 0 Å². The summed E-state index contributed by atoms with van der Waals surface area (Å²) < 4.78 is 7.12. The van der Waals surface area contributed by atoms with E-state index in [1.807, 2.05) is 20.0 Å². The SMILES string of the molecule is C=CC(=O)N1C[C@@H](COC)[C@@H](NC(=O)c2c(C)nc(CNc3n[nH]c4cc(Cl)c(C(C)(C)C)cc34)n2C)C1. The molecule has 0 spiro atoms. The minimum absolute atomic E-state index is 0.0121. The van der Waals surface area contributed by atoms with Crippen LogP contribution in [0.5, 0.6) is 0 Å². The number of imidazole rings is 1. The highest BCUT2D eigenvalue weighted by molar-refractivity contribution is 6.32. The zero-order valence-corrected chi connectivity index (χ0v) is 23.6. The van der Waals surface area contributed by atoms with Gasteiger partial charge in [-0.25, -0.2) is 4.98 Å². The van der Waals surface area contributed by atoms with Crippen molar-refractivity contribution in [1.82, 2.24) is 30.0 Å². The molecule has 0 aliphatic carbocycles. The second kappa shape index (κ2) is 10.8. The van der Waals surface area contributed by atoms with Crippen LogP contribution in [0.15, 0.2) is 24.8 Å². The van der Waals surface area contributed by atoms with E-state index in [0.717, 1.165) is 16.5 Å². The fourth-order valence-corrected chi connectivity index (χ4v) is 5.49. The first-order valence-electron chi connectivity index (χ1n) is 12.6. The number of likely N-dealkylation sites (tertiary alicyclic amines) is 1. The average molecular weight is 542 g/mol. The molecule has 0 unspecified atom stereocenters. The minimum Gasteiger partial charge on any atom is -0.384 e. The number of ether oxygens (including phenoxy) is 1. The van der Waals surface area contributed by atoms with Gasteiger partial charge < -0.3 is 24.8 Å². The number of aryl methyl sites for hydroxylation is 1. The molecule has 38 heavy (non-hydrogen) atoms. The Labute approximate surface area is 227 Å². The van der Waals surface area contributed by atoms with E-state index in [-0.39, 0.29) is 29.2 Å². The van der Waals surface area contributed by atoms with Gasteiger partial charge in [-0.05, 0) is 36.1 Å². The molecule has 0 saturated carbocycles. The normalized spacial score (nSPS) is 17.7. The summed E-state index contributed by atoms with van der Waals surface area (Å²) in [6.45, 7) is 13.5. The number of amides is 2. The number of rotatable bonds is 8. The molecular formula is C27H36ClN7O3. The van der Waals surface area contributed by atoms with Gasteiger partial charge in [0.25, 0.3) is 5.91 Å². The van der Waals surface area contributed by atoms with Crippen LogP contribution in [0.4, 0.5) is 5.82 Å². The molecule has 2 amide bonds. The minimum atomic E-state index is -0.238. The number of carbonyl (C=O) groups is 2. The Balaban J connectivity index is 1.51. The third-order valence-corrected chi connectivity index (χ3v) is 7.39. The van der Waals surface area contributed by atoms with E-state index >= 15 is 0 Å². The Hall–Kier alpha value is -3.37. The molecule has 11 heteroatoms. The Bertz CT molecular complexity index is 1370. The van der Waals surface area contributed by atoms with E-state index in [1.54, 1.807) is 16.6 Å². The Morgan fingerprint density at radius 1 is 1.32 bits per heavy atom. The standard InChI is InChI=1S/C27H36ClN7O3/c1-8-23(36)35-12-16(14-38-7)21(13-35)31-26(37)24-15(2)30-22(34(24)6)11-29-25-17-9-18(27(3,4)5)19(28)10-20(17)32-33-25/h8-10,16,21H,1,11-14H2,2-7H3,(H,31,37)(H2,29,32,33)/t16-,21-/m0/s1. The molecule has 1 aromatic carbocycles. The van der Waals surface area contributed by atoms with Gasteiger partial charge in [0.15, 0.2) is 5.82 Å². The lowest BCUT2D eigenvalue weighted by molar-refractivity contribution is -0.125. The maximum absolute atomic E-state index is 13.3. The van der Waals surface area contributed by atoms with Gasteiger partial charge in [-0.1, -0.05) is 39.0 Å². The van der Waals surface area contributed by atoms with Gasteiger partial charge in [0, 0.05) is 43.6 Å². The quantitative estimate of drug-likeness (QED) is 0.375. The van der Waals surface area contributed by atoms with Crippen molar-refractivity contribution in [3.63, 3.8) is 0 Å². The van der Waals surface area contributed by atoms with Gasteiger partial charge in [-0.3, -0.25) is 14.7 Å². The molecule has 1 fully saturated rings. The van der Waals surface area contributed by atoms with Crippen LogP contribution in [-0.4, -0.2) is 69.3 Å². The molecule has 2 atom stereocenters. The van der Waals surface area contributed by atoms with Gasteiger partial charge in [0.1, 0.15) is 11.5 Å². The van der Waals surface area contributed by atoms with Crippen LogP contribution in [0.25, 0.3) is 10.9 Å². The molecule has 204 valence electrons. The number of anilines is 1. The van der Waals surface area contributed by atoms with Crippen molar-refractivity contribution in [1.29, 1.82) is 0 Å². The molecule has 3 aromatic rings. The summed E-state index contributed by atoms with van der Waals surface area (Å²) in [6.07, 6.45) is 1.29. The number of benzene rings is 1. The van der Waals surface area contributed by atoms with E-state index in [4.69, 9.17) is 16.3 Å². The zero-order chi connectivity index (χ0) is 27.8. The summed E-state index contributed by atoms with van der Waals surface area (Å²) in [5.41, 5.74) is 2.86. The predicted molar refractivity (Wildman–Crippen MR) is 148 cm³/mol. The smallest absolute Gasteiger partial charge is 0.270 e. The number of aromatic amines is 1. The number of H-pyrrole nitrogens is 1. The number of carbonyl (C=O) groups excluding carboxylic acids is 2. The number of fused-ring (bicyclic) bond motifs is 1. The van der Waals surface area contributed by atoms with Crippen molar-refractivity contribution in [3.8, 4) is 0 Å². The van der Waals surface area contributed by atoms with E-state index in [2.05, 4.69) is 59.2 Å². The molecule has 10 nitrogen and oxygen atoms in total. The third kappa shape index (κ3) is 5.42. The fraction of sp³-hybridized carbons (Fsp3) is 0.481. The molecular weight excluding hydrogens is 506 g/mol. The number of nitrogens with one attached hydrogen (secondary N) is 3. The van der Waals surface area contributed by atoms with Crippen LogP contribution in [0.2, 0.25) is 5.02 Å². The maximum atomic E-state index is 13.3. The second-order valence-electron chi connectivity index (χ2n) is 10.8. The van der Waals surface area contributed by atoms with Crippen LogP contribution in [0.3, 0.4) is 0 Å². The topological polar surface area (TPSA) is 117 Å². The monoisotopic (exact) mass is 541 g/mol. The first-order valence-corrected chi connectivity index (χ1v) is 13.0. The summed E-state index contributed by atoms with van der Waals surface area (Å²) >= 11 is 6.51. The lowest BCUT2D eigenvalue weighted by Crippen LogP contribution is -2.42. The lowest BCUT2D eigenvalue weighted by atomic mass is 9.86. The van der Waals surface area contributed by atoms with Gasteiger partial charge >= 0.3 is 0 Å². The first-order chi connectivity index (χ1) is 17.9. The number of nitrogens with zero attached hydrogens (tertiary/aromatic N) is 4. The fourth-order valence-electron chi connectivity index (χ4n) is 5.04. The summed E-state index contributed by atoms with van der Waals surface area (Å²) in [6, 6.07) is 3.72. The lowest BCUT2D eigenvalue weighted by Gasteiger charge is -2.20. The van der Waals surface area contributed by atoms with E-state index in [9.17, 15) is 9.59 Å². The average Bonchev–Trinajstić information content (AvgIpc) is 3.51. The van der Waals surface area contributed by atoms with Crippen LogP contribution >= 0.6 is 11.6 Å². The van der Waals surface area contributed by atoms with E-state index in [1.165, 1.54) is 6.08 Å². The van der Waals surface area contributed by atoms with Crippen molar-refractivity contribution >= 4 is 40.1 Å². The van der Waals surface area contributed by atoms with Gasteiger partial charge in [0.2, 0.25) is 5.91 Å². The van der Waals surface area contributed by atoms with Crippen LogP contribution in [-0.2, 0) is 28.5 Å². The molecule has 1 aliphatic rings. The largest absolute Gasteiger partial charge is 0.384 e. The molecule has 3 N–H and O–H groups in total.